The molecule has 0 bridgehead atoms. The van der Waals surface area contributed by atoms with Gasteiger partial charge in [0.2, 0.25) is 5.69 Å². The van der Waals surface area contributed by atoms with Crippen LogP contribution in [0.4, 0.5) is 10.1 Å². The number of nitrogens with zero attached hydrogens (tertiary/aromatic N) is 4. The maximum absolute atomic E-state index is 13.6. The minimum Gasteiger partial charge on any atom is -0.507 e. The molecule has 0 unspecified atom stereocenters. The van der Waals surface area contributed by atoms with Gasteiger partial charge in [0.15, 0.2) is 5.65 Å². The summed E-state index contributed by atoms with van der Waals surface area (Å²) in [6.45, 7) is 9.81. The van der Waals surface area contributed by atoms with E-state index in [0.717, 1.165) is 5.69 Å². The fourth-order valence-corrected chi connectivity index (χ4v) is 3.92. The number of phenolic OH excluding ortho intramolecular Hbond substituents is 1. The van der Waals surface area contributed by atoms with Crippen LogP contribution in [0.3, 0.4) is 0 Å². The molecule has 0 saturated carbocycles. The van der Waals surface area contributed by atoms with Gasteiger partial charge >= 0.3 is 0 Å². The molecule has 5 aromatic rings. The van der Waals surface area contributed by atoms with Crippen molar-refractivity contribution in [3.05, 3.63) is 102 Å². The summed E-state index contributed by atoms with van der Waals surface area (Å²) < 4.78 is 15.3. The molecule has 0 atom stereocenters. The molecule has 3 aromatic carbocycles. The Kier molecular flexibility index (Phi) is 4.65. The van der Waals surface area contributed by atoms with Crippen LogP contribution < -0.4 is 0 Å². The van der Waals surface area contributed by atoms with Crippen molar-refractivity contribution in [2.45, 2.75) is 6.92 Å². The molecule has 2 aromatic heterocycles. The Hall–Kier alpha value is -4.50. The molecule has 154 valence electrons. The quantitative estimate of drug-likeness (QED) is 0.341. The van der Waals surface area contributed by atoms with Crippen molar-refractivity contribution in [1.82, 2.24) is 14.8 Å². The lowest BCUT2D eigenvalue weighted by Gasteiger charge is -2.14. The van der Waals surface area contributed by atoms with Crippen LogP contribution in [0.5, 0.6) is 5.75 Å². The second-order valence-electron chi connectivity index (χ2n) is 7.35. The monoisotopic (exact) mass is 420 g/mol. The maximum atomic E-state index is 13.6. The number of phenols is 1. The first-order chi connectivity index (χ1) is 15.6. The van der Waals surface area contributed by atoms with Crippen LogP contribution in [0.15, 0.2) is 78.9 Å². The van der Waals surface area contributed by atoms with E-state index < -0.39 is 0 Å². The molecule has 0 saturated heterocycles. The Bertz CT molecular complexity index is 1500. The molecule has 0 radical (unpaired) electrons. The third kappa shape index (κ3) is 3.08. The normalized spacial score (nSPS) is 10.9. The number of pyridine rings is 1. The SMILES string of the molecule is [C-]#[N+]c1c(-c2ccc(F)cc2)nc2c(c(C)nn2-c2ccccc2)c1-c1ccccc1O. The van der Waals surface area contributed by atoms with Gasteiger partial charge in [-0.05, 0) is 42.8 Å². The molecule has 5 nitrogen and oxygen atoms in total. The van der Waals surface area contributed by atoms with E-state index in [4.69, 9.17) is 16.7 Å². The highest BCUT2D eigenvalue weighted by atomic mass is 19.1. The highest BCUT2D eigenvalue weighted by Crippen LogP contribution is 2.46. The fraction of sp³-hybridized carbons (Fsp3) is 0.0385. The standard InChI is InChI=1S/C26H17FN4O/c1-16-22-23(20-10-6-7-11-21(20)32)25(28-2)24(17-12-14-18(27)15-13-17)29-26(22)31(30-16)19-8-4-3-5-9-19/h3-15,32H,1H3. The van der Waals surface area contributed by atoms with Crippen LogP contribution in [0, 0.1) is 19.3 Å². The Labute approximate surface area is 183 Å². The van der Waals surface area contributed by atoms with Crippen LogP contribution >= 0.6 is 0 Å². The molecule has 6 heteroatoms. The molecule has 1 N–H and O–H groups in total. The van der Waals surface area contributed by atoms with E-state index in [0.29, 0.717) is 39.1 Å². The Balaban J connectivity index is 1.96. The largest absolute Gasteiger partial charge is 0.507 e. The molecular weight excluding hydrogens is 403 g/mol. The first-order valence-electron chi connectivity index (χ1n) is 9.99. The summed E-state index contributed by atoms with van der Waals surface area (Å²) in [5, 5.41) is 16.1. The van der Waals surface area contributed by atoms with Gasteiger partial charge in [-0.3, -0.25) is 0 Å². The number of aryl methyl sites for hydroxylation is 1. The smallest absolute Gasteiger partial charge is 0.221 e. The number of fused-ring (bicyclic) bond motifs is 1. The highest BCUT2D eigenvalue weighted by molar-refractivity contribution is 6.07. The maximum Gasteiger partial charge on any atom is 0.221 e. The predicted octanol–water partition coefficient (Wildman–Crippen LogP) is 6.46. The molecular formula is C26H17FN4O. The van der Waals surface area contributed by atoms with E-state index in [1.54, 1.807) is 35.0 Å². The van der Waals surface area contributed by atoms with Gasteiger partial charge in [-0.2, -0.15) is 5.10 Å². The Morgan fingerprint density at radius 3 is 2.31 bits per heavy atom. The predicted molar refractivity (Wildman–Crippen MR) is 122 cm³/mol. The van der Waals surface area contributed by atoms with Gasteiger partial charge in [-0.25, -0.2) is 18.9 Å². The molecule has 32 heavy (non-hydrogen) atoms. The van der Waals surface area contributed by atoms with Gasteiger partial charge in [0.1, 0.15) is 11.6 Å². The molecule has 5 rings (SSSR count). The van der Waals surface area contributed by atoms with Crippen LogP contribution in [0.1, 0.15) is 5.69 Å². The first-order valence-corrected chi connectivity index (χ1v) is 9.99. The van der Waals surface area contributed by atoms with Crippen LogP contribution in [-0.2, 0) is 0 Å². The molecule has 0 aliphatic rings. The van der Waals surface area contributed by atoms with Gasteiger partial charge in [0.25, 0.3) is 0 Å². The zero-order valence-corrected chi connectivity index (χ0v) is 17.1. The number of para-hydroxylation sites is 2. The number of aromatic hydroxyl groups is 1. The second-order valence-corrected chi connectivity index (χ2v) is 7.35. The molecule has 0 fully saturated rings. The molecule has 0 aliphatic carbocycles. The zero-order valence-electron chi connectivity index (χ0n) is 17.1. The van der Waals surface area contributed by atoms with E-state index in [2.05, 4.69) is 4.85 Å². The van der Waals surface area contributed by atoms with Crippen molar-refractivity contribution in [3.63, 3.8) is 0 Å². The van der Waals surface area contributed by atoms with Gasteiger partial charge < -0.3 is 5.11 Å². The van der Waals surface area contributed by atoms with E-state index in [1.807, 2.05) is 43.3 Å². The fourth-order valence-electron chi connectivity index (χ4n) is 3.92. The van der Waals surface area contributed by atoms with Crippen molar-refractivity contribution < 1.29 is 9.50 Å². The van der Waals surface area contributed by atoms with Crippen molar-refractivity contribution in [1.29, 1.82) is 0 Å². The van der Waals surface area contributed by atoms with Crippen LogP contribution in [-0.4, -0.2) is 19.9 Å². The molecule has 0 amide bonds. The van der Waals surface area contributed by atoms with Crippen LogP contribution in [0.25, 0.3) is 44.0 Å². The molecule has 2 heterocycles. The Morgan fingerprint density at radius 1 is 0.938 bits per heavy atom. The number of hydrogen-bond acceptors (Lipinski definition) is 3. The van der Waals surface area contributed by atoms with Crippen molar-refractivity contribution in [2.24, 2.45) is 0 Å². The summed E-state index contributed by atoms with van der Waals surface area (Å²) in [6.07, 6.45) is 0. The third-order valence-corrected chi connectivity index (χ3v) is 5.37. The zero-order chi connectivity index (χ0) is 22.2. The number of aromatic nitrogens is 3. The topological polar surface area (TPSA) is 55.3 Å². The third-order valence-electron chi connectivity index (χ3n) is 5.37. The van der Waals surface area contributed by atoms with Gasteiger partial charge in [-0.1, -0.05) is 48.5 Å². The van der Waals surface area contributed by atoms with Crippen molar-refractivity contribution in [2.75, 3.05) is 0 Å². The van der Waals surface area contributed by atoms with Gasteiger partial charge in [0, 0.05) is 16.5 Å². The number of benzene rings is 3. The van der Waals surface area contributed by atoms with Crippen molar-refractivity contribution >= 4 is 16.7 Å². The van der Waals surface area contributed by atoms with Gasteiger partial charge in [0.05, 0.1) is 23.6 Å². The molecule has 0 aliphatic heterocycles. The number of hydrogen-bond donors (Lipinski definition) is 1. The van der Waals surface area contributed by atoms with Crippen molar-refractivity contribution in [3.8, 4) is 33.8 Å². The summed E-state index contributed by atoms with van der Waals surface area (Å²) in [5.41, 5.74) is 4.43. The average Bonchev–Trinajstić information content (AvgIpc) is 3.15. The van der Waals surface area contributed by atoms with E-state index >= 15 is 0 Å². The van der Waals surface area contributed by atoms with E-state index in [9.17, 15) is 9.50 Å². The summed E-state index contributed by atoms with van der Waals surface area (Å²) in [7, 11) is 0. The molecule has 0 spiro atoms. The minimum absolute atomic E-state index is 0.0572. The average molecular weight is 420 g/mol. The second kappa shape index (κ2) is 7.64. The van der Waals surface area contributed by atoms with Crippen LogP contribution in [0.2, 0.25) is 0 Å². The summed E-state index contributed by atoms with van der Waals surface area (Å²) >= 11 is 0. The lowest BCUT2D eigenvalue weighted by atomic mass is 9.96. The lowest BCUT2D eigenvalue weighted by Crippen LogP contribution is -1.99. The summed E-state index contributed by atoms with van der Waals surface area (Å²) in [5.74, 6) is -0.313. The summed E-state index contributed by atoms with van der Waals surface area (Å²) in [6, 6.07) is 22.4. The van der Waals surface area contributed by atoms with E-state index in [1.165, 1.54) is 12.1 Å². The highest BCUT2D eigenvalue weighted by Gasteiger charge is 2.24. The first kappa shape index (κ1) is 19.5. The minimum atomic E-state index is -0.370. The Morgan fingerprint density at radius 2 is 1.62 bits per heavy atom. The van der Waals surface area contributed by atoms with E-state index in [-0.39, 0.29) is 17.3 Å². The lowest BCUT2D eigenvalue weighted by molar-refractivity contribution is 0.477. The summed E-state index contributed by atoms with van der Waals surface area (Å²) in [4.78, 5) is 8.65. The number of rotatable bonds is 3. The number of halogens is 1. The van der Waals surface area contributed by atoms with Gasteiger partial charge in [-0.15, -0.1) is 0 Å².